The topological polar surface area (TPSA) is 38.3 Å². The van der Waals surface area contributed by atoms with Gasteiger partial charge >= 0.3 is 0 Å². The molecule has 55 valence electrons. The van der Waals surface area contributed by atoms with Gasteiger partial charge < -0.3 is 10.1 Å². The zero-order chi connectivity index (χ0) is 7.68. The SMILES string of the molecule is O=C1COc2cc[c]cc2N1. The van der Waals surface area contributed by atoms with E-state index in [0.717, 1.165) is 0 Å². The molecule has 1 aromatic rings. The van der Waals surface area contributed by atoms with Crippen LogP contribution in [0.5, 0.6) is 5.75 Å². The van der Waals surface area contributed by atoms with Crippen molar-refractivity contribution < 1.29 is 9.53 Å². The Hall–Kier alpha value is -1.51. The summed E-state index contributed by atoms with van der Waals surface area (Å²) in [5.41, 5.74) is 0.698. The zero-order valence-electron chi connectivity index (χ0n) is 5.76. The van der Waals surface area contributed by atoms with Crippen molar-refractivity contribution in [2.24, 2.45) is 0 Å². The number of hydrogen-bond acceptors (Lipinski definition) is 2. The first-order valence-electron chi connectivity index (χ1n) is 3.29. The number of ether oxygens (including phenoxy) is 1. The molecule has 1 radical (unpaired) electrons. The standard InChI is InChI=1S/C8H6NO2/c10-8-5-11-7-4-2-1-3-6(7)9-8/h2-4H,5H2,(H,9,10). The molecule has 1 heterocycles. The van der Waals surface area contributed by atoms with Crippen molar-refractivity contribution in [1.82, 2.24) is 0 Å². The van der Waals surface area contributed by atoms with Crippen LogP contribution in [0.1, 0.15) is 0 Å². The predicted molar refractivity (Wildman–Crippen MR) is 39.4 cm³/mol. The fourth-order valence-electron chi connectivity index (χ4n) is 0.969. The third kappa shape index (κ3) is 1.05. The summed E-state index contributed by atoms with van der Waals surface area (Å²) in [7, 11) is 0. The van der Waals surface area contributed by atoms with E-state index in [1.807, 2.05) is 0 Å². The zero-order valence-corrected chi connectivity index (χ0v) is 5.76. The highest BCUT2D eigenvalue weighted by molar-refractivity contribution is 5.95. The Kier molecular flexibility index (Phi) is 1.28. The number of fused-ring (bicyclic) bond motifs is 1. The third-order valence-corrected chi connectivity index (χ3v) is 1.46. The molecule has 0 aliphatic carbocycles. The summed E-state index contributed by atoms with van der Waals surface area (Å²) < 4.78 is 5.10. The van der Waals surface area contributed by atoms with Gasteiger partial charge in [0.25, 0.3) is 5.91 Å². The van der Waals surface area contributed by atoms with Gasteiger partial charge in [-0.1, -0.05) is 6.07 Å². The maximum Gasteiger partial charge on any atom is 0.262 e. The van der Waals surface area contributed by atoms with Crippen LogP contribution in [0, 0.1) is 6.07 Å². The van der Waals surface area contributed by atoms with Gasteiger partial charge in [-0.05, 0) is 18.2 Å². The lowest BCUT2D eigenvalue weighted by Crippen LogP contribution is -2.25. The van der Waals surface area contributed by atoms with Crippen molar-refractivity contribution in [3.05, 3.63) is 24.3 Å². The predicted octanol–water partition coefficient (Wildman–Crippen LogP) is 0.818. The van der Waals surface area contributed by atoms with Crippen molar-refractivity contribution in [2.75, 3.05) is 11.9 Å². The highest BCUT2D eigenvalue weighted by Crippen LogP contribution is 2.25. The highest BCUT2D eigenvalue weighted by Gasteiger charge is 2.13. The second kappa shape index (κ2) is 2.27. The minimum atomic E-state index is -0.114. The quantitative estimate of drug-likeness (QED) is 0.591. The van der Waals surface area contributed by atoms with Crippen molar-refractivity contribution in [2.45, 2.75) is 0 Å². The number of carbonyl (C=O) groups excluding carboxylic acids is 1. The molecule has 3 nitrogen and oxygen atoms in total. The summed E-state index contributed by atoms with van der Waals surface area (Å²) in [6, 6.07) is 8.05. The number of benzene rings is 1. The lowest BCUT2D eigenvalue weighted by Gasteiger charge is -2.16. The lowest BCUT2D eigenvalue weighted by atomic mass is 10.2. The molecule has 0 atom stereocenters. The minimum absolute atomic E-state index is 0.108. The Morgan fingerprint density at radius 1 is 1.64 bits per heavy atom. The second-order valence-corrected chi connectivity index (χ2v) is 2.26. The van der Waals surface area contributed by atoms with E-state index in [9.17, 15) is 4.79 Å². The van der Waals surface area contributed by atoms with Crippen LogP contribution in [0.4, 0.5) is 5.69 Å². The molecular formula is C8H6NO2. The summed E-state index contributed by atoms with van der Waals surface area (Å²) in [4.78, 5) is 10.8. The van der Waals surface area contributed by atoms with Gasteiger partial charge in [-0.25, -0.2) is 0 Å². The minimum Gasteiger partial charge on any atom is -0.482 e. The van der Waals surface area contributed by atoms with Crippen LogP contribution in [0.25, 0.3) is 0 Å². The van der Waals surface area contributed by atoms with Crippen molar-refractivity contribution >= 4 is 11.6 Å². The molecule has 1 amide bonds. The molecule has 11 heavy (non-hydrogen) atoms. The molecule has 0 saturated carbocycles. The van der Waals surface area contributed by atoms with Crippen LogP contribution in [0.15, 0.2) is 18.2 Å². The Balaban J connectivity index is 2.41. The Bertz CT molecular complexity index is 296. The molecule has 1 aromatic carbocycles. The smallest absolute Gasteiger partial charge is 0.262 e. The largest absolute Gasteiger partial charge is 0.482 e. The molecule has 2 rings (SSSR count). The molecule has 0 unspecified atom stereocenters. The summed E-state index contributed by atoms with van der Waals surface area (Å²) in [5.74, 6) is 0.598. The number of rotatable bonds is 0. The molecule has 1 aliphatic rings. The Morgan fingerprint density at radius 2 is 2.55 bits per heavy atom. The summed E-state index contributed by atoms with van der Waals surface area (Å²) in [6.45, 7) is 0.108. The fourth-order valence-corrected chi connectivity index (χ4v) is 0.969. The van der Waals surface area contributed by atoms with E-state index >= 15 is 0 Å². The van der Waals surface area contributed by atoms with Gasteiger partial charge in [0.15, 0.2) is 6.61 Å². The molecule has 0 spiro atoms. The van der Waals surface area contributed by atoms with E-state index in [-0.39, 0.29) is 12.5 Å². The monoisotopic (exact) mass is 148 g/mol. The maximum atomic E-state index is 10.8. The Labute approximate surface area is 64.0 Å². The van der Waals surface area contributed by atoms with Crippen molar-refractivity contribution in [1.29, 1.82) is 0 Å². The van der Waals surface area contributed by atoms with Crippen molar-refractivity contribution in [3.8, 4) is 5.75 Å². The van der Waals surface area contributed by atoms with E-state index in [0.29, 0.717) is 11.4 Å². The molecule has 0 aromatic heterocycles. The lowest BCUT2D eigenvalue weighted by molar-refractivity contribution is -0.118. The number of hydrogen-bond donors (Lipinski definition) is 1. The van der Waals surface area contributed by atoms with Crippen molar-refractivity contribution in [3.63, 3.8) is 0 Å². The van der Waals surface area contributed by atoms with E-state index in [4.69, 9.17) is 4.74 Å². The highest BCUT2D eigenvalue weighted by atomic mass is 16.5. The first-order valence-corrected chi connectivity index (χ1v) is 3.29. The molecule has 1 aliphatic heterocycles. The van der Waals surface area contributed by atoms with E-state index in [1.54, 1.807) is 18.2 Å². The normalized spacial score (nSPS) is 14.7. The second-order valence-electron chi connectivity index (χ2n) is 2.26. The number of amides is 1. The number of carbonyl (C=O) groups is 1. The van der Waals surface area contributed by atoms with E-state index in [2.05, 4.69) is 11.4 Å². The molecule has 1 N–H and O–H groups in total. The van der Waals surface area contributed by atoms with E-state index < -0.39 is 0 Å². The van der Waals surface area contributed by atoms with Crippen LogP contribution in [0.2, 0.25) is 0 Å². The van der Waals surface area contributed by atoms with Gasteiger partial charge in [-0.2, -0.15) is 0 Å². The molecule has 0 bridgehead atoms. The molecule has 3 heteroatoms. The molecule has 0 fully saturated rings. The van der Waals surface area contributed by atoms with Gasteiger partial charge in [0.2, 0.25) is 0 Å². The number of anilines is 1. The van der Waals surface area contributed by atoms with Gasteiger partial charge in [-0.3, -0.25) is 4.79 Å². The van der Waals surface area contributed by atoms with Gasteiger partial charge in [0, 0.05) is 0 Å². The van der Waals surface area contributed by atoms with Gasteiger partial charge in [0.1, 0.15) is 5.75 Å². The van der Waals surface area contributed by atoms with Gasteiger partial charge in [0.05, 0.1) is 5.69 Å². The Morgan fingerprint density at radius 3 is 3.45 bits per heavy atom. The number of nitrogens with one attached hydrogen (secondary N) is 1. The average molecular weight is 148 g/mol. The van der Waals surface area contributed by atoms with Gasteiger partial charge in [-0.15, -0.1) is 0 Å². The van der Waals surface area contributed by atoms with Crippen LogP contribution in [-0.4, -0.2) is 12.5 Å². The molecular weight excluding hydrogens is 142 g/mol. The van der Waals surface area contributed by atoms with E-state index in [1.165, 1.54) is 0 Å². The maximum absolute atomic E-state index is 10.8. The summed E-state index contributed by atoms with van der Waals surface area (Å²) in [6.07, 6.45) is 0. The first-order chi connectivity index (χ1) is 5.36. The first kappa shape index (κ1) is 6.22. The average Bonchev–Trinajstić information content (AvgIpc) is 2.04. The fraction of sp³-hybridized carbons (Fsp3) is 0.125. The van der Waals surface area contributed by atoms with Crippen LogP contribution in [0.3, 0.4) is 0 Å². The molecule has 0 saturated heterocycles. The summed E-state index contributed by atoms with van der Waals surface area (Å²) in [5, 5.41) is 2.66. The van der Waals surface area contributed by atoms with Crippen LogP contribution < -0.4 is 10.1 Å². The van der Waals surface area contributed by atoms with Crippen LogP contribution in [-0.2, 0) is 4.79 Å². The summed E-state index contributed by atoms with van der Waals surface area (Å²) >= 11 is 0. The third-order valence-electron chi connectivity index (χ3n) is 1.46. The van der Waals surface area contributed by atoms with Crippen LogP contribution >= 0.6 is 0 Å².